The quantitative estimate of drug-likeness (QED) is 0.346. The predicted octanol–water partition coefficient (Wildman–Crippen LogP) is 3.62. The molecule has 1 amide bonds. The van der Waals surface area contributed by atoms with Crippen molar-refractivity contribution in [3.8, 4) is 5.69 Å². The zero-order valence-corrected chi connectivity index (χ0v) is 21.4. The van der Waals surface area contributed by atoms with Crippen LogP contribution < -0.4 is 10.9 Å². The molecule has 0 saturated heterocycles. The van der Waals surface area contributed by atoms with E-state index in [1.807, 2.05) is 50.2 Å². The molecule has 1 N–H and O–H groups in total. The van der Waals surface area contributed by atoms with Crippen LogP contribution in [-0.4, -0.2) is 49.5 Å². The van der Waals surface area contributed by atoms with Crippen molar-refractivity contribution >= 4 is 16.8 Å². The maximum Gasteiger partial charge on any atom is 0.295 e. The Bertz CT molecular complexity index is 1380. The van der Waals surface area contributed by atoms with E-state index < -0.39 is 0 Å². The van der Waals surface area contributed by atoms with Gasteiger partial charge in [0.15, 0.2) is 5.52 Å². The number of benzene rings is 2. The van der Waals surface area contributed by atoms with E-state index >= 15 is 0 Å². The molecule has 4 rings (SSSR count). The molecule has 0 unspecified atom stereocenters. The molecule has 0 radical (unpaired) electrons. The van der Waals surface area contributed by atoms with Crippen LogP contribution in [0.15, 0.2) is 65.5 Å². The number of carbonyl (C=O) groups is 1. The number of para-hydroxylation sites is 1. The van der Waals surface area contributed by atoms with Crippen LogP contribution in [0.2, 0.25) is 0 Å². The second-order valence-electron chi connectivity index (χ2n) is 9.36. The molecule has 2 aromatic heterocycles. The Morgan fingerprint density at radius 2 is 1.67 bits per heavy atom. The fraction of sp³-hybridized carbons (Fsp3) is 0.357. The predicted molar refractivity (Wildman–Crippen MR) is 142 cm³/mol. The normalized spacial score (nSPS) is 11.5. The molecule has 4 aromatic rings. The lowest BCUT2D eigenvalue weighted by Gasteiger charge is -2.26. The maximum atomic E-state index is 13.1. The van der Waals surface area contributed by atoms with E-state index in [0.29, 0.717) is 23.8 Å². The summed E-state index contributed by atoms with van der Waals surface area (Å²) in [5, 5.41) is 12.6. The highest BCUT2D eigenvalue weighted by Crippen LogP contribution is 2.20. The van der Waals surface area contributed by atoms with Crippen molar-refractivity contribution in [3.05, 3.63) is 88.0 Å². The number of amides is 1. The summed E-state index contributed by atoms with van der Waals surface area (Å²) in [5.74, 6) is -0.235. The highest BCUT2D eigenvalue weighted by molar-refractivity contribution is 5.83. The SMILES string of the molecule is Cc1nn(CC(=O)NCCCN(Cc2ccccc2)C(C)C)c(=O)c2nn(-c3ccccc3)c(C)c12. The van der Waals surface area contributed by atoms with Crippen LogP contribution in [0.5, 0.6) is 0 Å². The lowest BCUT2D eigenvalue weighted by molar-refractivity contribution is -0.121. The number of aromatic nitrogens is 4. The first kappa shape index (κ1) is 25.3. The van der Waals surface area contributed by atoms with Gasteiger partial charge in [0, 0.05) is 25.7 Å². The first-order chi connectivity index (χ1) is 17.3. The zero-order chi connectivity index (χ0) is 25.7. The van der Waals surface area contributed by atoms with Crippen LogP contribution in [0.4, 0.5) is 0 Å². The number of aryl methyl sites for hydroxylation is 2. The molecule has 188 valence electrons. The highest BCUT2D eigenvalue weighted by atomic mass is 16.2. The van der Waals surface area contributed by atoms with Crippen LogP contribution >= 0.6 is 0 Å². The molecule has 0 spiro atoms. The van der Waals surface area contributed by atoms with Gasteiger partial charge in [-0.15, -0.1) is 0 Å². The standard InChI is InChI=1S/C28H34N6O2/c1-20(2)32(18-23-12-7-5-8-13-23)17-11-16-29-25(35)19-33-28(36)27-26(21(3)30-33)22(4)34(31-27)24-14-9-6-10-15-24/h5-10,12-15,20H,11,16-19H2,1-4H3,(H,29,35). The van der Waals surface area contributed by atoms with Gasteiger partial charge in [0.1, 0.15) is 6.54 Å². The fourth-order valence-electron chi connectivity index (χ4n) is 4.45. The van der Waals surface area contributed by atoms with Gasteiger partial charge in [-0.25, -0.2) is 9.36 Å². The van der Waals surface area contributed by atoms with Gasteiger partial charge in [-0.1, -0.05) is 48.5 Å². The van der Waals surface area contributed by atoms with Crippen LogP contribution in [0.3, 0.4) is 0 Å². The number of nitrogens with one attached hydrogen (secondary N) is 1. The smallest absolute Gasteiger partial charge is 0.295 e. The molecule has 2 heterocycles. The molecule has 0 atom stereocenters. The van der Waals surface area contributed by atoms with Crippen LogP contribution in [0.25, 0.3) is 16.6 Å². The minimum Gasteiger partial charge on any atom is -0.354 e. The third kappa shape index (κ3) is 5.71. The molecular weight excluding hydrogens is 452 g/mol. The number of fused-ring (bicyclic) bond motifs is 1. The molecular formula is C28H34N6O2. The van der Waals surface area contributed by atoms with Crippen molar-refractivity contribution in [2.75, 3.05) is 13.1 Å². The molecule has 8 heteroatoms. The summed E-state index contributed by atoms with van der Waals surface area (Å²) in [7, 11) is 0. The van der Waals surface area contributed by atoms with Gasteiger partial charge < -0.3 is 5.32 Å². The van der Waals surface area contributed by atoms with Crippen molar-refractivity contribution < 1.29 is 4.79 Å². The van der Waals surface area contributed by atoms with Gasteiger partial charge in [0.25, 0.3) is 5.56 Å². The van der Waals surface area contributed by atoms with E-state index in [2.05, 4.69) is 58.5 Å². The summed E-state index contributed by atoms with van der Waals surface area (Å²) < 4.78 is 2.96. The molecule has 8 nitrogen and oxygen atoms in total. The van der Waals surface area contributed by atoms with Gasteiger partial charge in [-0.3, -0.25) is 14.5 Å². The van der Waals surface area contributed by atoms with Gasteiger partial charge >= 0.3 is 0 Å². The van der Waals surface area contributed by atoms with Crippen molar-refractivity contribution in [3.63, 3.8) is 0 Å². The number of nitrogens with zero attached hydrogens (tertiary/aromatic N) is 5. The second kappa shape index (κ2) is 11.3. The van der Waals surface area contributed by atoms with Crippen LogP contribution in [0.1, 0.15) is 37.2 Å². The van der Waals surface area contributed by atoms with Crippen molar-refractivity contribution in [2.45, 2.75) is 53.2 Å². The Kier molecular flexibility index (Phi) is 7.95. The fourth-order valence-corrected chi connectivity index (χ4v) is 4.45. The third-order valence-corrected chi connectivity index (χ3v) is 6.38. The van der Waals surface area contributed by atoms with Crippen LogP contribution in [-0.2, 0) is 17.9 Å². The van der Waals surface area contributed by atoms with Crippen molar-refractivity contribution in [1.29, 1.82) is 0 Å². The molecule has 0 aliphatic carbocycles. The van der Waals surface area contributed by atoms with E-state index in [-0.39, 0.29) is 18.0 Å². The molecule has 2 aromatic carbocycles. The Morgan fingerprint density at radius 1 is 1.00 bits per heavy atom. The van der Waals surface area contributed by atoms with E-state index in [1.165, 1.54) is 10.2 Å². The van der Waals surface area contributed by atoms with Crippen molar-refractivity contribution in [1.82, 2.24) is 29.8 Å². The zero-order valence-electron chi connectivity index (χ0n) is 21.4. The van der Waals surface area contributed by atoms with E-state index in [9.17, 15) is 9.59 Å². The number of carbonyl (C=O) groups excluding carboxylic acids is 1. The third-order valence-electron chi connectivity index (χ3n) is 6.38. The largest absolute Gasteiger partial charge is 0.354 e. The molecule has 0 saturated carbocycles. The summed E-state index contributed by atoms with van der Waals surface area (Å²) in [6, 6.07) is 20.5. The summed E-state index contributed by atoms with van der Waals surface area (Å²) in [4.78, 5) is 28.1. The minimum atomic E-state index is -0.364. The van der Waals surface area contributed by atoms with E-state index in [0.717, 1.165) is 36.3 Å². The lowest BCUT2D eigenvalue weighted by Crippen LogP contribution is -2.36. The summed E-state index contributed by atoms with van der Waals surface area (Å²) in [6.45, 7) is 10.3. The van der Waals surface area contributed by atoms with E-state index in [4.69, 9.17) is 0 Å². The summed E-state index contributed by atoms with van der Waals surface area (Å²) in [6.07, 6.45) is 0.817. The van der Waals surface area contributed by atoms with Gasteiger partial charge in [0.05, 0.1) is 22.5 Å². The monoisotopic (exact) mass is 486 g/mol. The Labute approximate surface area is 211 Å². The first-order valence-electron chi connectivity index (χ1n) is 12.4. The maximum absolute atomic E-state index is 13.1. The molecule has 0 bridgehead atoms. The number of hydrogen-bond donors (Lipinski definition) is 1. The number of hydrogen-bond acceptors (Lipinski definition) is 5. The minimum absolute atomic E-state index is 0.134. The first-order valence-corrected chi connectivity index (χ1v) is 12.4. The van der Waals surface area contributed by atoms with Crippen LogP contribution in [0, 0.1) is 13.8 Å². The second-order valence-corrected chi connectivity index (χ2v) is 9.36. The Morgan fingerprint density at radius 3 is 2.33 bits per heavy atom. The van der Waals surface area contributed by atoms with E-state index in [1.54, 1.807) is 4.68 Å². The summed E-state index contributed by atoms with van der Waals surface area (Å²) in [5.41, 5.74) is 3.63. The molecule has 0 fully saturated rings. The van der Waals surface area contributed by atoms with Gasteiger partial charge in [-0.05, 0) is 51.8 Å². The highest BCUT2D eigenvalue weighted by Gasteiger charge is 2.18. The van der Waals surface area contributed by atoms with Gasteiger partial charge in [0.2, 0.25) is 5.91 Å². The lowest BCUT2D eigenvalue weighted by atomic mass is 10.2. The average Bonchev–Trinajstić information content (AvgIpc) is 3.23. The van der Waals surface area contributed by atoms with Crippen molar-refractivity contribution in [2.24, 2.45) is 0 Å². The van der Waals surface area contributed by atoms with Gasteiger partial charge in [-0.2, -0.15) is 10.2 Å². The number of rotatable bonds is 10. The topological polar surface area (TPSA) is 85.1 Å². The molecule has 0 aliphatic heterocycles. The molecule has 36 heavy (non-hydrogen) atoms. The Hall–Kier alpha value is -3.78. The summed E-state index contributed by atoms with van der Waals surface area (Å²) >= 11 is 0. The average molecular weight is 487 g/mol. The molecule has 0 aliphatic rings. The Balaban J connectivity index is 1.39.